The Kier molecular flexibility index (Phi) is 8.16. The van der Waals surface area contributed by atoms with E-state index >= 15 is 0 Å². The molecule has 0 spiro atoms. The lowest BCUT2D eigenvalue weighted by Gasteiger charge is -2.28. The predicted octanol–water partition coefficient (Wildman–Crippen LogP) is 17.4. The fourth-order valence-electron chi connectivity index (χ4n) is 10.7. The number of fused-ring (bicyclic) bond motifs is 13. The third-order valence-electron chi connectivity index (χ3n) is 13.8. The van der Waals surface area contributed by atoms with Crippen molar-refractivity contribution in [1.82, 2.24) is 4.57 Å². The highest BCUT2D eigenvalue weighted by Gasteiger charge is 2.36. The normalized spacial score (nSPS) is 13.0. The molecule has 0 amide bonds. The summed E-state index contributed by atoms with van der Waals surface area (Å²) >= 11 is 1.92. The van der Waals surface area contributed by atoms with Crippen LogP contribution in [0.25, 0.3) is 91.8 Å². The molecular weight excluding hydrogens is 793 g/mol. The molecule has 1 aliphatic rings. The maximum atomic E-state index is 2.52. The van der Waals surface area contributed by atoms with E-state index in [-0.39, 0.29) is 5.41 Å². The Morgan fingerprint density at radius 2 is 0.984 bits per heavy atom. The van der Waals surface area contributed by atoms with Crippen LogP contribution in [0.15, 0.2) is 218 Å². The second kappa shape index (κ2) is 14.2. The molecule has 2 nitrogen and oxygen atoms in total. The SMILES string of the molecule is CC1(C)c2ccccc2-c2ccc(N(c3ccc(-c4ccccc4)cc3)c3ccc4c5c6sc7ccc(-c8ccccc8)cc7c6c6ccccc6c5n(-c5ccccc5)c4c3)cc21. The van der Waals surface area contributed by atoms with Gasteiger partial charge in [0.1, 0.15) is 0 Å². The molecule has 0 saturated heterocycles. The molecule has 0 aliphatic heterocycles. The van der Waals surface area contributed by atoms with Gasteiger partial charge in [-0.3, -0.25) is 0 Å². The van der Waals surface area contributed by atoms with Crippen LogP contribution in [0.4, 0.5) is 17.1 Å². The van der Waals surface area contributed by atoms with Crippen LogP contribution in [0.5, 0.6) is 0 Å². The number of rotatable bonds is 6. The van der Waals surface area contributed by atoms with Gasteiger partial charge in [0, 0.05) is 64.5 Å². The minimum atomic E-state index is -0.132. The molecule has 302 valence electrons. The van der Waals surface area contributed by atoms with Crippen molar-refractivity contribution in [2.24, 2.45) is 0 Å². The number of hydrogen-bond acceptors (Lipinski definition) is 2. The van der Waals surface area contributed by atoms with Gasteiger partial charge in [0.2, 0.25) is 0 Å². The highest BCUT2D eigenvalue weighted by atomic mass is 32.1. The van der Waals surface area contributed by atoms with E-state index in [1.807, 2.05) is 11.3 Å². The van der Waals surface area contributed by atoms with Gasteiger partial charge in [-0.1, -0.05) is 172 Å². The molecule has 0 atom stereocenters. The van der Waals surface area contributed by atoms with Crippen molar-refractivity contribution in [3.63, 3.8) is 0 Å². The largest absolute Gasteiger partial charge is 0.310 e. The van der Waals surface area contributed by atoms with Crippen molar-refractivity contribution in [2.75, 3.05) is 4.90 Å². The van der Waals surface area contributed by atoms with Crippen molar-refractivity contribution in [3.05, 3.63) is 230 Å². The Labute approximate surface area is 376 Å². The first-order chi connectivity index (χ1) is 31.5. The molecule has 2 aromatic heterocycles. The molecule has 0 bridgehead atoms. The molecule has 12 aromatic rings. The fraction of sp³-hybridized carbons (Fsp3) is 0.0492. The van der Waals surface area contributed by atoms with Crippen LogP contribution in [0.2, 0.25) is 0 Å². The lowest BCUT2D eigenvalue weighted by Crippen LogP contribution is -2.16. The van der Waals surface area contributed by atoms with Crippen molar-refractivity contribution < 1.29 is 0 Å². The summed E-state index contributed by atoms with van der Waals surface area (Å²) in [6.45, 7) is 4.73. The van der Waals surface area contributed by atoms with E-state index < -0.39 is 0 Å². The lowest BCUT2D eigenvalue weighted by atomic mass is 9.82. The Bertz CT molecular complexity index is 3780. The number of aromatic nitrogens is 1. The molecule has 0 unspecified atom stereocenters. The Balaban J connectivity index is 1.09. The van der Waals surface area contributed by atoms with E-state index in [2.05, 4.69) is 242 Å². The quantitative estimate of drug-likeness (QED) is 0.162. The van der Waals surface area contributed by atoms with Crippen molar-refractivity contribution in [1.29, 1.82) is 0 Å². The monoisotopic (exact) mass is 834 g/mol. The molecule has 0 N–H and O–H groups in total. The Morgan fingerprint density at radius 3 is 1.75 bits per heavy atom. The third kappa shape index (κ3) is 5.51. The molecular formula is C61H42N2S. The molecule has 0 radical (unpaired) electrons. The minimum Gasteiger partial charge on any atom is -0.310 e. The summed E-state index contributed by atoms with van der Waals surface area (Å²) in [5.74, 6) is 0. The first-order valence-corrected chi connectivity index (χ1v) is 23.0. The van der Waals surface area contributed by atoms with Crippen LogP contribution < -0.4 is 4.90 Å². The Hall–Kier alpha value is -7.72. The molecule has 64 heavy (non-hydrogen) atoms. The van der Waals surface area contributed by atoms with E-state index in [0.717, 1.165) is 22.7 Å². The predicted molar refractivity (Wildman–Crippen MR) is 274 cm³/mol. The smallest absolute Gasteiger partial charge is 0.0634 e. The number of benzene rings is 10. The molecule has 0 fully saturated rings. The second-order valence-corrected chi connectivity index (χ2v) is 18.7. The van der Waals surface area contributed by atoms with E-state index in [0.29, 0.717) is 0 Å². The average Bonchev–Trinajstić information content (AvgIpc) is 3.98. The summed E-state index contributed by atoms with van der Waals surface area (Å²) in [5.41, 5.74) is 17.1. The first kappa shape index (κ1) is 36.9. The zero-order valence-corrected chi connectivity index (χ0v) is 36.4. The van der Waals surface area contributed by atoms with Gasteiger partial charge in [0.05, 0.1) is 11.0 Å². The summed E-state index contributed by atoms with van der Waals surface area (Å²) in [6.07, 6.45) is 0. The van der Waals surface area contributed by atoms with E-state index in [4.69, 9.17) is 0 Å². The van der Waals surface area contributed by atoms with Gasteiger partial charge in [-0.15, -0.1) is 11.3 Å². The average molecular weight is 835 g/mol. The first-order valence-electron chi connectivity index (χ1n) is 22.2. The van der Waals surface area contributed by atoms with Gasteiger partial charge in [0.25, 0.3) is 0 Å². The fourth-order valence-corrected chi connectivity index (χ4v) is 12.0. The molecule has 2 heterocycles. The van der Waals surface area contributed by atoms with Crippen LogP contribution in [-0.2, 0) is 5.41 Å². The molecule has 10 aromatic carbocycles. The minimum absolute atomic E-state index is 0.132. The maximum Gasteiger partial charge on any atom is 0.0634 e. The number of anilines is 3. The number of hydrogen-bond donors (Lipinski definition) is 0. The van der Waals surface area contributed by atoms with Gasteiger partial charge in [-0.2, -0.15) is 0 Å². The second-order valence-electron chi connectivity index (χ2n) is 17.7. The van der Waals surface area contributed by atoms with Crippen LogP contribution in [-0.4, -0.2) is 4.57 Å². The summed E-state index contributed by atoms with van der Waals surface area (Å²) in [5, 5.41) is 7.73. The van der Waals surface area contributed by atoms with Crippen molar-refractivity contribution in [2.45, 2.75) is 19.3 Å². The van der Waals surface area contributed by atoms with Crippen LogP contribution in [0.3, 0.4) is 0 Å². The number of thiophene rings is 1. The molecule has 1 aliphatic carbocycles. The van der Waals surface area contributed by atoms with Crippen LogP contribution in [0, 0.1) is 0 Å². The summed E-state index contributed by atoms with van der Waals surface area (Å²) in [7, 11) is 0. The highest BCUT2D eigenvalue weighted by Crippen LogP contribution is 2.52. The number of nitrogens with zero attached hydrogens (tertiary/aromatic N) is 2. The van der Waals surface area contributed by atoms with Crippen LogP contribution in [0.1, 0.15) is 25.0 Å². The molecule has 0 saturated carbocycles. The van der Waals surface area contributed by atoms with Gasteiger partial charge < -0.3 is 9.47 Å². The topological polar surface area (TPSA) is 8.17 Å². The zero-order chi connectivity index (χ0) is 42.5. The number of para-hydroxylation sites is 1. The lowest BCUT2D eigenvalue weighted by molar-refractivity contribution is 0.660. The maximum absolute atomic E-state index is 2.52. The summed E-state index contributed by atoms with van der Waals surface area (Å²) in [6, 6.07) is 80.7. The highest BCUT2D eigenvalue weighted by molar-refractivity contribution is 7.27. The standard InChI is InChI=1S/C61H42N2S/c1-61(2)53-25-15-14-22-47(53)48-33-31-45(37-54(48)61)62(44-29-26-41(27-30-44)39-16-6-3-7-17-39)46-32-34-51-55(38-46)63(43-20-10-5-11-21-43)59-50-24-13-12-23-49(50)57-52-36-42(40-18-8-4-9-19-40)28-35-56(52)64-60(57)58(51)59/h3-38H,1-2H3. The van der Waals surface area contributed by atoms with Crippen molar-refractivity contribution in [3.8, 4) is 39.1 Å². The van der Waals surface area contributed by atoms with E-state index in [1.165, 1.54) is 97.3 Å². The summed E-state index contributed by atoms with van der Waals surface area (Å²) in [4.78, 5) is 2.46. The third-order valence-corrected chi connectivity index (χ3v) is 14.9. The van der Waals surface area contributed by atoms with Gasteiger partial charge >= 0.3 is 0 Å². The van der Waals surface area contributed by atoms with Gasteiger partial charge in [0.15, 0.2) is 0 Å². The molecule has 13 rings (SSSR count). The van der Waals surface area contributed by atoms with Crippen LogP contribution >= 0.6 is 11.3 Å². The molecule has 3 heteroatoms. The summed E-state index contributed by atoms with van der Waals surface area (Å²) < 4.78 is 5.15. The van der Waals surface area contributed by atoms with Gasteiger partial charge in [-0.25, -0.2) is 0 Å². The van der Waals surface area contributed by atoms with Gasteiger partial charge in [-0.05, 0) is 111 Å². The van der Waals surface area contributed by atoms with Crippen molar-refractivity contribution >= 4 is 81.1 Å². The van der Waals surface area contributed by atoms with E-state index in [1.54, 1.807) is 0 Å². The Morgan fingerprint density at radius 1 is 0.406 bits per heavy atom. The zero-order valence-electron chi connectivity index (χ0n) is 35.6. The van der Waals surface area contributed by atoms with E-state index in [9.17, 15) is 0 Å².